The number of anilines is 1. The lowest BCUT2D eigenvalue weighted by atomic mass is 9.99. The highest BCUT2D eigenvalue weighted by Gasteiger charge is 2.55. The van der Waals surface area contributed by atoms with Gasteiger partial charge in [-0.15, -0.1) is 6.42 Å². The highest BCUT2D eigenvalue weighted by molar-refractivity contribution is 6.27. The number of hydrogen-bond donors (Lipinski definition) is 4. The minimum Gasteiger partial charge on any atom is -0.394 e. The molecule has 1 aliphatic rings. The van der Waals surface area contributed by atoms with E-state index in [9.17, 15) is 19.4 Å². The molecule has 1 fully saturated rings. The molecule has 4 atom stereocenters. The molecule has 10 heteroatoms. The molecule has 0 amide bonds. The van der Waals surface area contributed by atoms with Gasteiger partial charge in [-0.3, -0.25) is 14.3 Å². The van der Waals surface area contributed by atoms with E-state index >= 15 is 0 Å². The van der Waals surface area contributed by atoms with E-state index in [0.717, 1.165) is 10.8 Å². The zero-order chi connectivity index (χ0) is 16.9. The van der Waals surface area contributed by atoms with Gasteiger partial charge in [-0.1, -0.05) is 17.5 Å². The molecule has 1 aliphatic heterocycles. The molecule has 2 aromatic heterocycles. The van der Waals surface area contributed by atoms with Gasteiger partial charge in [-0.25, -0.2) is 4.39 Å². The first-order valence-electron chi connectivity index (χ1n) is 6.50. The number of nitrogens with zero attached hydrogens (tertiary/aromatic N) is 2. The number of nitrogen functional groups attached to an aromatic ring is 1. The van der Waals surface area contributed by atoms with Gasteiger partial charge in [-0.2, -0.15) is 4.98 Å². The van der Waals surface area contributed by atoms with Crippen molar-refractivity contribution in [1.29, 1.82) is 0 Å². The van der Waals surface area contributed by atoms with Crippen molar-refractivity contribution in [2.24, 2.45) is 0 Å². The van der Waals surface area contributed by atoms with Gasteiger partial charge in [0.1, 0.15) is 17.6 Å². The Morgan fingerprint density at radius 3 is 3.00 bits per heavy atom. The Morgan fingerprint density at radius 1 is 1.70 bits per heavy atom. The molecule has 1 unspecified atom stereocenters. The number of ether oxygens (including phenoxy) is 1. The van der Waals surface area contributed by atoms with Gasteiger partial charge in [0.2, 0.25) is 5.95 Å². The van der Waals surface area contributed by atoms with Crippen molar-refractivity contribution in [1.82, 2.24) is 14.5 Å². The zero-order valence-corrected chi connectivity index (χ0v) is 12.3. The Hall–Kier alpha value is -2.12. The van der Waals surface area contributed by atoms with E-state index in [-0.39, 0.29) is 17.0 Å². The van der Waals surface area contributed by atoms with E-state index in [1.807, 2.05) is 0 Å². The summed E-state index contributed by atoms with van der Waals surface area (Å²) in [5, 5.41) is 19.1. The summed E-state index contributed by atoms with van der Waals surface area (Å²) in [4.78, 5) is 16.1. The number of nitrogens with two attached hydrogens (primary N) is 1. The summed E-state index contributed by atoms with van der Waals surface area (Å²) in [7, 11) is 0. The fourth-order valence-corrected chi connectivity index (χ4v) is 2.93. The van der Waals surface area contributed by atoms with Gasteiger partial charge in [0.15, 0.2) is 22.6 Å². The molecule has 5 N–H and O–H groups in total. The normalized spacial score (nSPS) is 30.7. The van der Waals surface area contributed by atoms with E-state index in [1.54, 1.807) is 0 Å². The molecule has 0 bridgehead atoms. The summed E-state index contributed by atoms with van der Waals surface area (Å²) in [5.74, 6) is 1.08. The molecule has 0 aromatic carbocycles. The number of aliphatic hydroxyl groups is 2. The Balaban J connectivity index is 2.25. The van der Waals surface area contributed by atoms with E-state index in [2.05, 4.69) is 15.9 Å². The summed E-state index contributed by atoms with van der Waals surface area (Å²) in [5.41, 5.74) is 4.56. The molecule has 3 rings (SSSR count). The molecule has 3 heterocycles. The summed E-state index contributed by atoms with van der Waals surface area (Å²) in [6.07, 6.45) is 2.57. The first-order chi connectivity index (χ1) is 10.8. The second kappa shape index (κ2) is 5.21. The highest BCUT2D eigenvalue weighted by Crippen LogP contribution is 2.44. The highest BCUT2D eigenvalue weighted by atomic mass is 35.5. The average Bonchev–Trinajstić information content (AvgIpc) is 2.95. The summed E-state index contributed by atoms with van der Waals surface area (Å²) in [6, 6.07) is 0. The fraction of sp³-hybridized carbons (Fsp3) is 0.385. The maximum absolute atomic E-state index is 14.1. The number of halogens is 2. The number of fused-ring (bicyclic) bond motifs is 1. The summed E-state index contributed by atoms with van der Waals surface area (Å²) in [6.45, 7) is -0.550. The van der Waals surface area contributed by atoms with Crippen LogP contribution in [0.5, 0.6) is 0 Å². The lowest BCUT2D eigenvalue weighted by molar-refractivity contribution is -0.0436. The largest absolute Gasteiger partial charge is 0.394 e. The SMILES string of the molecule is C#C[C@@]1(Cl)C(O)[C@@H](CO)O[C@H]1n1cc(F)c2c(=O)[nH]c(N)nc21. The molecule has 122 valence electrons. The van der Waals surface area contributed by atoms with Crippen LogP contribution in [0.1, 0.15) is 6.23 Å². The zero-order valence-electron chi connectivity index (χ0n) is 11.5. The Bertz CT molecular complexity index is 875. The predicted molar refractivity (Wildman–Crippen MR) is 79.1 cm³/mol. The van der Waals surface area contributed by atoms with Crippen molar-refractivity contribution in [3.05, 3.63) is 22.4 Å². The minimum absolute atomic E-state index is 0.139. The van der Waals surface area contributed by atoms with Crippen LogP contribution in [-0.4, -0.2) is 48.4 Å². The molecule has 0 spiro atoms. The van der Waals surface area contributed by atoms with Gasteiger partial charge in [0.25, 0.3) is 5.56 Å². The number of nitrogens with one attached hydrogen (secondary N) is 1. The number of rotatable bonds is 2. The standard InChI is InChI=1S/C13H12ClFN4O4/c1-2-13(14)8(21)6(4-20)23-11(13)19-3-5(15)7-9(19)17-12(16)18-10(7)22/h1,3,6,8,11,20-21H,4H2,(H3,16,17,18,22)/t6-,8?,11-,13-/m1/s1. The third-order valence-corrected chi connectivity index (χ3v) is 4.27. The minimum atomic E-state index is -1.79. The van der Waals surface area contributed by atoms with Gasteiger partial charge in [0, 0.05) is 6.20 Å². The number of hydrogen-bond acceptors (Lipinski definition) is 6. The van der Waals surface area contributed by atoms with E-state index in [1.165, 1.54) is 0 Å². The van der Waals surface area contributed by atoms with Gasteiger partial charge < -0.3 is 20.7 Å². The van der Waals surface area contributed by atoms with Crippen LogP contribution in [0.4, 0.5) is 10.3 Å². The maximum atomic E-state index is 14.1. The van der Waals surface area contributed by atoms with Crippen molar-refractivity contribution in [3.8, 4) is 12.3 Å². The number of aliphatic hydroxyl groups excluding tert-OH is 2. The van der Waals surface area contributed by atoms with Crippen LogP contribution in [0.3, 0.4) is 0 Å². The van der Waals surface area contributed by atoms with Gasteiger partial charge in [0.05, 0.1) is 6.61 Å². The fourth-order valence-electron chi connectivity index (χ4n) is 2.63. The Labute approximate surface area is 133 Å². The summed E-state index contributed by atoms with van der Waals surface area (Å²) < 4.78 is 20.6. The van der Waals surface area contributed by atoms with E-state index in [0.29, 0.717) is 0 Å². The van der Waals surface area contributed by atoms with E-state index in [4.69, 9.17) is 28.5 Å². The van der Waals surface area contributed by atoms with Crippen LogP contribution in [0.25, 0.3) is 11.0 Å². The molecule has 0 radical (unpaired) electrons. The Kier molecular flexibility index (Phi) is 3.57. The smallest absolute Gasteiger partial charge is 0.264 e. The molecule has 23 heavy (non-hydrogen) atoms. The third kappa shape index (κ3) is 2.11. The number of aromatic amines is 1. The molecule has 2 aromatic rings. The molecular weight excluding hydrogens is 331 g/mol. The molecular formula is C13H12ClFN4O4. The van der Waals surface area contributed by atoms with Crippen molar-refractivity contribution in [2.45, 2.75) is 23.3 Å². The molecule has 1 saturated heterocycles. The maximum Gasteiger partial charge on any atom is 0.264 e. The third-order valence-electron chi connectivity index (χ3n) is 3.75. The van der Waals surface area contributed by atoms with E-state index < -0.39 is 41.3 Å². The average molecular weight is 343 g/mol. The molecule has 0 saturated carbocycles. The first kappa shape index (κ1) is 15.8. The van der Waals surface area contributed by atoms with Crippen LogP contribution in [0.15, 0.2) is 11.0 Å². The van der Waals surface area contributed by atoms with Gasteiger partial charge in [-0.05, 0) is 0 Å². The lowest BCUT2D eigenvalue weighted by Crippen LogP contribution is -2.41. The van der Waals surface area contributed by atoms with Gasteiger partial charge >= 0.3 is 0 Å². The lowest BCUT2D eigenvalue weighted by Gasteiger charge is -2.25. The quantitative estimate of drug-likeness (QED) is 0.422. The van der Waals surface area contributed by atoms with Crippen molar-refractivity contribution in [2.75, 3.05) is 12.3 Å². The predicted octanol–water partition coefficient (Wildman–Crippen LogP) is -0.693. The molecule has 8 nitrogen and oxygen atoms in total. The molecule has 0 aliphatic carbocycles. The van der Waals surface area contributed by atoms with Crippen LogP contribution >= 0.6 is 11.6 Å². The number of H-pyrrole nitrogens is 1. The first-order valence-corrected chi connectivity index (χ1v) is 6.88. The van der Waals surface area contributed by atoms with Crippen LogP contribution < -0.4 is 11.3 Å². The Morgan fingerprint density at radius 2 is 2.39 bits per heavy atom. The summed E-state index contributed by atoms with van der Waals surface area (Å²) >= 11 is 6.26. The number of aromatic nitrogens is 3. The van der Waals surface area contributed by atoms with Crippen molar-refractivity contribution >= 4 is 28.6 Å². The van der Waals surface area contributed by atoms with Crippen molar-refractivity contribution < 1.29 is 19.3 Å². The van der Waals surface area contributed by atoms with Crippen molar-refractivity contribution in [3.63, 3.8) is 0 Å². The number of alkyl halides is 1. The topological polar surface area (TPSA) is 126 Å². The number of terminal acetylenes is 1. The van der Waals surface area contributed by atoms with Crippen LogP contribution in [0, 0.1) is 18.2 Å². The second-order valence-electron chi connectivity index (χ2n) is 5.10. The monoisotopic (exact) mass is 342 g/mol. The van der Waals surface area contributed by atoms with Crippen LogP contribution in [0.2, 0.25) is 0 Å². The van der Waals surface area contributed by atoms with Crippen LogP contribution in [-0.2, 0) is 4.74 Å². The second-order valence-corrected chi connectivity index (χ2v) is 5.73.